The normalized spacial score (nSPS) is 10.9. The Morgan fingerprint density at radius 2 is 1.88 bits per heavy atom. The number of fused-ring (bicyclic) bond motifs is 1. The highest BCUT2D eigenvalue weighted by atomic mass is 35.5. The summed E-state index contributed by atoms with van der Waals surface area (Å²) >= 11 is 5.80. The molecule has 0 aliphatic carbocycles. The third kappa shape index (κ3) is 1.64. The Morgan fingerprint density at radius 1 is 1.12 bits per heavy atom. The van der Waals surface area contributed by atoms with Crippen LogP contribution in [0, 0.1) is 6.08 Å². The highest BCUT2D eigenvalue weighted by Gasteiger charge is 2.12. The van der Waals surface area contributed by atoms with E-state index in [0.29, 0.717) is 11.2 Å². The molecule has 1 aromatic carbocycles. The van der Waals surface area contributed by atoms with Gasteiger partial charge in [0.25, 0.3) is 0 Å². The van der Waals surface area contributed by atoms with Crippen LogP contribution in [-0.4, -0.2) is 19.5 Å². The molecule has 0 spiro atoms. The van der Waals surface area contributed by atoms with Crippen LogP contribution in [0.3, 0.4) is 0 Å². The van der Waals surface area contributed by atoms with Gasteiger partial charge in [-0.1, -0.05) is 29.8 Å². The lowest BCUT2D eigenvalue weighted by molar-refractivity contribution is 0.543. The van der Waals surface area contributed by atoms with Crippen molar-refractivity contribution in [1.29, 1.82) is 0 Å². The summed E-state index contributed by atoms with van der Waals surface area (Å²) in [7, 11) is 0. The molecule has 0 atom stereocenters. The van der Waals surface area contributed by atoms with Crippen LogP contribution in [-0.2, 0) is 0 Å². The fraction of sp³-hybridized carbons (Fsp3) is 0. The molecule has 3 rings (SSSR count). The number of rotatable bonds is 1. The zero-order valence-corrected chi connectivity index (χ0v) is 9.26. The SMILES string of the molecule is Fc1nc(Cl)c2ncn(-c3ccccc3)c2n1. The van der Waals surface area contributed by atoms with E-state index in [0.717, 1.165) is 5.69 Å². The van der Waals surface area contributed by atoms with Crippen molar-refractivity contribution in [3.63, 3.8) is 0 Å². The van der Waals surface area contributed by atoms with Crippen molar-refractivity contribution in [3.05, 3.63) is 47.9 Å². The summed E-state index contributed by atoms with van der Waals surface area (Å²) in [5, 5.41) is 0.0159. The number of para-hydroxylation sites is 1. The third-order valence-electron chi connectivity index (χ3n) is 2.36. The van der Waals surface area contributed by atoms with E-state index in [4.69, 9.17) is 11.6 Å². The number of hydrogen-bond donors (Lipinski definition) is 0. The van der Waals surface area contributed by atoms with Gasteiger partial charge >= 0.3 is 6.08 Å². The average Bonchev–Trinajstić information content (AvgIpc) is 2.74. The van der Waals surface area contributed by atoms with Gasteiger partial charge in [0.2, 0.25) is 0 Å². The van der Waals surface area contributed by atoms with Crippen molar-refractivity contribution >= 4 is 22.8 Å². The maximum atomic E-state index is 13.1. The molecule has 0 amide bonds. The summed E-state index contributed by atoms with van der Waals surface area (Å²) < 4.78 is 14.8. The van der Waals surface area contributed by atoms with Crippen LogP contribution in [0.5, 0.6) is 0 Å². The summed E-state index contributed by atoms with van der Waals surface area (Å²) in [4.78, 5) is 11.2. The second kappa shape index (κ2) is 3.78. The van der Waals surface area contributed by atoms with Gasteiger partial charge in [0, 0.05) is 5.69 Å². The Bertz CT molecular complexity index is 681. The van der Waals surface area contributed by atoms with Crippen LogP contribution in [0.4, 0.5) is 4.39 Å². The quantitative estimate of drug-likeness (QED) is 0.491. The molecule has 4 nitrogen and oxygen atoms in total. The van der Waals surface area contributed by atoms with Crippen molar-refractivity contribution < 1.29 is 4.39 Å². The van der Waals surface area contributed by atoms with Crippen molar-refractivity contribution in [2.75, 3.05) is 0 Å². The van der Waals surface area contributed by atoms with E-state index in [1.807, 2.05) is 30.3 Å². The number of halogens is 2. The molecule has 0 aliphatic heterocycles. The fourth-order valence-electron chi connectivity index (χ4n) is 1.62. The molecule has 0 bridgehead atoms. The molecule has 2 aromatic heterocycles. The number of aromatic nitrogens is 4. The average molecular weight is 249 g/mol. The van der Waals surface area contributed by atoms with Gasteiger partial charge in [0.15, 0.2) is 10.8 Å². The largest absolute Gasteiger partial charge is 0.312 e. The van der Waals surface area contributed by atoms with Crippen LogP contribution in [0.25, 0.3) is 16.9 Å². The summed E-state index contributed by atoms with van der Waals surface area (Å²) in [6.07, 6.45) is 0.681. The van der Waals surface area contributed by atoms with E-state index < -0.39 is 6.08 Å². The second-order valence-electron chi connectivity index (χ2n) is 3.41. The molecule has 0 fully saturated rings. The Labute approximate surface area is 101 Å². The van der Waals surface area contributed by atoms with E-state index in [9.17, 15) is 4.39 Å². The lowest BCUT2D eigenvalue weighted by Gasteiger charge is -2.02. The van der Waals surface area contributed by atoms with Crippen LogP contribution in [0.2, 0.25) is 5.15 Å². The number of benzene rings is 1. The first-order valence-corrected chi connectivity index (χ1v) is 5.25. The first-order valence-electron chi connectivity index (χ1n) is 4.87. The highest BCUT2D eigenvalue weighted by Crippen LogP contribution is 2.21. The Hall–Kier alpha value is -2.01. The minimum atomic E-state index is -0.861. The van der Waals surface area contributed by atoms with Crippen molar-refractivity contribution in [2.45, 2.75) is 0 Å². The minimum absolute atomic E-state index is 0.0159. The molecule has 0 N–H and O–H groups in total. The van der Waals surface area contributed by atoms with E-state index in [-0.39, 0.29) is 5.15 Å². The molecule has 0 saturated heterocycles. The molecule has 2 heterocycles. The smallest absolute Gasteiger partial charge is 0.283 e. The standard InChI is InChI=1S/C11H6ClFN4/c12-9-8-10(16-11(13)15-9)17(6-14-8)7-4-2-1-3-5-7/h1-6H. The van der Waals surface area contributed by atoms with Gasteiger partial charge in [-0.2, -0.15) is 14.4 Å². The van der Waals surface area contributed by atoms with Gasteiger partial charge in [-0.15, -0.1) is 0 Å². The van der Waals surface area contributed by atoms with Gasteiger partial charge in [-0.3, -0.25) is 4.57 Å². The van der Waals surface area contributed by atoms with E-state index in [2.05, 4.69) is 15.0 Å². The second-order valence-corrected chi connectivity index (χ2v) is 3.76. The Morgan fingerprint density at radius 3 is 2.65 bits per heavy atom. The molecule has 6 heteroatoms. The lowest BCUT2D eigenvalue weighted by atomic mass is 10.3. The zero-order chi connectivity index (χ0) is 11.8. The predicted molar refractivity (Wildman–Crippen MR) is 61.6 cm³/mol. The first-order chi connectivity index (χ1) is 8.25. The van der Waals surface area contributed by atoms with Gasteiger partial charge in [0.05, 0.1) is 0 Å². The highest BCUT2D eigenvalue weighted by molar-refractivity contribution is 6.33. The van der Waals surface area contributed by atoms with Gasteiger partial charge in [-0.25, -0.2) is 4.98 Å². The predicted octanol–water partition coefficient (Wildman–Crippen LogP) is 2.61. The van der Waals surface area contributed by atoms with Gasteiger partial charge in [-0.05, 0) is 12.1 Å². The Kier molecular flexibility index (Phi) is 2.26. The van der Waals surface area contributed by atoms with E-state index in [1.165, 1.54) is 0 Å². The topological polar surface area (TPSA) is 43.6 Å². The first kappa shape index (κ1) is 10.2. The number of imidazole rings is 1. The zero-order valence-electron chi connectivity index (χ0n) is 8.51. The maximum Gasteiger partial charge on any atom is 0.312 e. The molecule has 0 aliphatic rings. The third-order valence-corrected chi connectivity index (χ3v) is 2.62. The molecular weight excluding hydrogens is 243 g/mol. The fourth-order valence-corrected chi connectivity index (χ4v) is 1.82. The molecule has 0 saturated carbocycles. The molecule has 84 valence electrons. The van der Waals surface area contributed by atoms with Crippen LogP contribution in [0.1, 0.15) is 0 Å². The summed E-state index contributed by atoms with van der Waals surface area (Å²) in [6, 6.07) is 9.38. The Balaban J connectivity index is 2.32. The lowest BCUT2D eigenvalue weighted by Crippen LogP contribution is -1.97. The molecule has 0 radical (unpaired) electrons. The number of nitrogens with zero attached hydrogens (tertiary/aromatic N) is 4. The van der Waals surface area contributed by atoms with E-state index in [1.54, 1.807) is 10.9 Å². The monoisotopic (exact) mass is 248 g/mol. The van der Waals surface area contributed by atoms with Crippen LogP contribution in [0.15, 0.2) is 36.7 Å². The van der Waals surface area contributed by atoms with Crippen molar-refractivity contribution in [3.8, 4) is 5.69 Å². The molecule has 0 unspecified atom stereocenters. The van der Waals surface area contributed by atoms with Gasteiger partial charge in [0.1, 0.15) is 11.8 Å². The van der Waals surface area contributed by atoms with Crippen molar-refractivity contribution in [2.24, 2.45) is 0 Å². The molecule has 17 heavy (non-hydrogen) atoms. The van der Waals surface area contributed by atoms with Crippen LogP contribution < -0.4 is 0 Å². The summed E-state index contributed by atoms with van der Waals surface area (Å²) in [6.45, 7) is 0. The van der Waals surface area contributed by atoms with E-state index >= 15 is 0 Å². The van der Waals surface area contributed by atoms with Crippen molar-refractivity contribution in [1.82, 2.24) is 19.5 Å². The summed E-state index contributed by atoms with van der Waals surface area (Å²) in [5.74, 6) is 0. The number of hydrogen-bond acceptors (Lipinski definition) is 3. The molecule has 3 aromatic rings. The molecular formula is C11H6ClFN4. The maximum absolute atomic E-state index is 13.1. The summed E-state index contributed by atoms with van der Waals surface area (Å²) in [5.41, 5.74) is 1.58. The van der Waals surface area contributed by atoms with Crippen LogP contribution >= 0.6 is 11.6 Å². The van der Waals surface area contributed by atoms with Gasteiger partial charge < -0.3 is 0 Å². The minimum Gasteiger partial charge on any atom is -0.283 e.